The summed E-state index contributed by atoms with van der Waals surface area (Å²) in [6.07, 6.45) is 1.67. The van der Waals surface area contributed by atoms with Crippen molar-refractivity contribution in [3.63, 3.8) is 0 Å². The summed E-state index contributed by atoms with van der Waals surface area (Å²) in [4.78, 5) is 10.4. The van der Waals surface area contributed by atoms with Gasteiger partial charge in [-0.3, -0.25) is 10.1 Å². The molecule has 0 atom stereocenters. The molecule has 3 rings (SSSR count). The molecule has 0 aliphatic rings. The van der Waals surface area contributed by atoms with Crippen LogP contribution in [0.5, 0.6) is 5.75 Å². The number of hydrogen-bond donors (Lipinski definition) is 0. The summed E-state index contributed by atoms with van der Waals surface area (Å²) in [5.41, 5.74) is 2.42. The molecule has 0 aliphatic heterocycles. The molecule has 29 heavy (non-hydrogen) atoms. The van der Waals surface area contributed by atoms with E-state index in [1.807, 2.05) is 6.07 Å². The molecule has 0 radical (unpaired) electrons. The Balaban J connectivity index is 1.73. The van der Waals surface area contributed by atoms with Gasteiger partial charge in [0.2, 0.25) is 0 Å². The first-order chi connectivity index (χ1) is 14.0. The highest BCUT2D eigenvalue weighted by Gasteiger charge is 2.09. The van der Waals surface area contributed by atoms with Crippen molar-refractivity contribution in [1.29, 1.82) is 5.26 Å². The number of hydrogen-bond acceptors (Lipinski definition) is 4. The molecule has 0 N–H and O–H groups in total. The van der Waals surface area contributed by atoms with Crippen LogP contribution in [0.4, 0.5) is 5.69 Å². The topological polar surface area (TPSA) is 76.2 Å². The number of nitrogens with zero attached hydrogens (tertiary/aromatic N) is 2. The van der Waals surface area contributed by atoms with Gasteiger partial charge in [0.05, 0.1) is 26.6 Å². The van der Waals surface area contributed by atoms with Crippen molar-refractivity contribution < 1.29 is 9.66 Å². The molecule has 3 aromatic carbocycles. The van der Waals surface area contributed by atoms with E-state index in [4.69, 9.17) is 27.9 Å². The number of halogens is 2. The summed E-state index contributed by atoms with van der Waals surface area (Å²) in [6, 6.07) is 20.5. The van der Waals surface area contributed by atoms with Crippen molar-refractivity contribution in [2.24, 2.45) is 0 Å². The lowest BCUT2D eigenvalue weighted by Crippen LogP contribution is -1.95. The largest absolute Gasteiger partial charge is 0.489 e. The summed E-state index contributed by atoms with van der Waals surface area (Å²) >= 11 is 11.9. The fourth-order valence-corrected chi connectivity index (χ4v) is 2.91. The standard InChI is InChI=1S/C22H14Cl2N2O3/c23-21-9-6-16(11-22(21)24)14-29-20-7-4-15(5-8-20)10-18(13-25)17-2-1-3-19(12-17)26(27)28/h1-12H,14H2/b18-10-. The van der Waals surface area contributed by atoms with Crippen LogP contribution in [0.3, 0.4) is 0 Å². The Hall–Kier alpha value is -3.33. The molecule has 5 nitrogen and oxygen atoms in total. The Bertz CT molecular complexity index is 1120. The average Bonchev–Trinajstić information content (AvgIpc) is 2.73. The predicted octanol–water partition coefficient (Wildman–Crippen LogP) is 6.54. The van der Waals surface area contributed by atoms with E-state index >= 15 is 0 Å². The van der Waals surface area contributed by atoms with Gasteiger partial charge in [0.25, 0.3) is 5.69 Å². The van der Waals surface area contributed by atoms with Crippen LogP contribution in [0, 0.1) is 21.4 Å². The van der Waals surface area contributed by atoms with Gasteiger partial charge in [-0.1, -0.05) is 53.5 Å². The lowest BCUT2D eigenvalue weighted by Gasteiger charge is -2.08. The first-order valence-electron chi connectivity index (χ1n) is 8.49. The van der Waals surface area contributed by atoms with Crippen molar-refractivity contribution in [3.8, 4) is 11.8 Å². The van der Waals surface area contributed by atoms with Crippen molar-refractivity contribution in [1.82, 2.24) is 0 Å². The quantitative estimate of drug-likeness (QED) is 0.194. The molecule has 0 unspecified atom stereocenters. The highest BCUT2D eigenvalue weighted by atomic mass is 35.5. The van der Waals surface area contributed by atoms with Crippen molar-refractivity contribution in [2.45, 2.75) is 6.61 Å². The lowest BCUT2D eigenvalue weighted by atomic mass is 10.0. The minimum atomic E-state index is -0.488. The summed E-state index contributed by atoms with van der Waals surface area (Å²) in [5, 5.41) is 21.3. The first-order valence-corrected chi connectivity index (χ1v) is 9.25. The Kier molecular flexibility index (Phi) is 6.50. The van der Waals surface area contributed by atoms with Gasteiger partial charge in [0.15, 0.2) is 0 Å². The van der Waals surface area contributed by atoms with E-state index in [1.165, 1.54) is 12.1 Å². The maximum atomic E-state index is 10.9. The van der Waals surface area contributed by atoms with Crippen LogP contribution in [0.15, 0.2) is 66.7 Å². The van der Waals surface area contributed by atoms with E-state index in [2.05, 4.69) is 6.07 Å². The third-order valence-corrected chi connectivity index (χ3v) is 4.81. The number of non-ortho nitro benzene ring substituents is 1. The zero-order valence-corrected chi connectivity index (χ0v) is 16.5. The summed E-state index contributed by atoms with van der Waals surface area (Å²) in [5.74, 6) is 0.655. The predicted molar refractivity (Wildman–Crippen MR) is 114 cm³/mol. The highest BCUT2D eigenvalue weighted by molar-refractivity contribution is 6.42. The maximum absolute atomic E-state index is 10.9. The third-order valence-electron chi connectivity index (χ3n) is 4.07. The first kappa shape index (κ1) is 20.4. The van der Waals surface area contributed by atoms with Gasteiger partial charge in [0, 0.05) is 12.1 Å². The monoisotopic (exact) mass is 424 g/mol. The van der Waals surface area contributed by atoms with Gasteiger partial charge in [-0.25, -0.2) is 0 Å². The molecule has 144 valence electrons. The Morgan fingerprint density at radius 2 is 1.83 bits per heavy atom. The fourth-order valence-electron chi connectivity index (χ4n) is 2.59. The van der Waals surface area contributed by atoms with E-state index in [1.54, 1.807) is 54.6 Å². The van der Waals surface area contributed by atoms with Crippen LogP contribution in [-0.2, 0) is 6.61 Å². The SMILES string of the molecule is N#C/C(=C/c1ccc(OCc2ccc(Cl)c(Cl)c2)cc1)c1cccc([N+](=O)[O-])c1. The van der Waals surface area contributed by atoms with Crippen LogP contribution in [0.25, 0.3) is 11.6 Å². The van der Waals surface area contributed by atoms with Gasteiger partial charge < -0.3 is 4.74 Å². The van der Waals surface area contributed by atoms with Gasteiger partial charge in [0.1, 0.15) is 12.4 Å². The van der Waals surface area contributed by atoms with E-state index in [-0.39, 0.29) is 5.69 Å². The fraction of sp³-hybridized carbons (Fsp3) is 0.0455. The molecular formula is C22H14Cl2N2O3. The maximum Gasteiger partial charge on any atom is 0.270 e. The van der Waals surface area contributed by atoms with Crippen molar-refractivity contribution >= 4 is 40.5 Å². The Labute approximate surface area is 177 Å². The average molecular weight is 425 g/mol. The zero-order chi connectivity index (χ0) is 20.8. The van der Waals surface area contributed by atoms with E-state index in [0.717, 1.165) is 11.1 Å². The normalized spacial score (nSPS) is 11.0. The minimum Gasteiger partial charge on any atom is -0.489 e. The Morgan fingerprint density at radius 1 is 1.07 bits per heavy atom. The van der Waals surface area contributed by atoms with E-state index < -0.39 is 4.92 Å². The van der Waals surface area contributed by atoms with Crippen LogP contribution < -0.4 is 4.74 Å². The molecule has 7 heteroatoms. The summed E-state index contributed by atoms with van der Waals surface area (Å²) < 4.78 is 5.74. The smallest absolute Gasteiger partial charge is 0.270 e. The van der Waals surface area contributed by atoms with Gasteiger partial charge >= 0.3 is 0 Å². The highest BCUT2D eigenvalue weighted by Crippen LogP contribution is 2.25. The van der Waals surface area contributed by atoms with Gasteiger partial charge in [-0.05, 0) is 47.0 Å². The number of rotatable bonds is 6. The summed E-state index contributed by atoms with van der Waals surface area (Å²) in [6.45, 7) is 0.337. The molecule has 0 saturated carbocycles. The van der Waals surface area contributed by atoms with E-state index in [9.17, 15) is 15.4 Å². The molecule has 3 aromatic rings. The zero-order valence-electron chi connectivity index (χ0n) is 15.0. The second-order valence-corrected chi connectivity index (χ2v) is 6.90. The second kappa shape index (κ2) is 9.24. The van der Waals surface area contributed by atoms with Crippen molar-refractivity contribution in [2.75, 3.05) is 0 Å². The van der Waals surface area contributed by atoms with Crippen LogP contribution >= 0.6 is 23.2 Å². The molecule has 0 saturated heterocycles. The van der Waals surface area contributed by atoms with Crippen LogP contribution in [0.1, 0.15) is 16.7 Å². The molecule has 0 amide bonds. The van der Waals surface area contributed by atoms with Crippen LogP contribution in [-0.4, -0.2) is 4.92 Å². The van der Waals surface area contributed by atoms with Gasteiger partial charge in [-0.15, -0.1) is 0 Å². The lowest BCUT2D eigenvalue weighted by molar-refractivity contribution is -0.384. The van der Waals surface area contributed by atoms with Gasteiger partial charge in [-0.2, -0.15) is 5.26 Å². The number of nitriles is 1. The summed E-state index contributed by atoms with van der Waals surface area (Å²) in [7, 11) is 0. The molecule has 0 spiro atoms. The Morgan fingerprint density at radius 3 is 2.48 bits per heavy atom. The number of benzene rings is 3. The molecule has 0 aromatic heterocycles. The van der Waals surface area contributed by atoms with Crippen molar-refractivity contribution in [3.05, 3.63) is 104 Å². The number of ether oxygens (including phenoxy) is 1. The minimum absolute atomic E-state index is 0.0605. The number of allylic oxidation sites excluding steroid dienone is 1. The molecular weight excluding hydrogens is 411 g/mol. The third kappa shape index (κ3) is 5.35. The molecule has 0 aliphatic carbocycles. The second-order valence-electron chi connectivity index (χ2n) is 6.08. The number of nitro benzene ring substituents is 1. The van der Waals surface area contributed by atoms with E-state index in [0.29, 0.717) is 33.5 Å². The molecule has 0 heterocycles. The number of nitro groups is 1. The molecule has 0 fully saturated rings. The molecule has 0 bridgehead atoms. The van der Waals surface area contributed by atoms with Crippen LogP contribution in [0.2, 0.25) is 10.0 Å².